The Balaban J connectivity index is 1.38. The average molecular weight is 381 g/mol. The molecule has 29 heavy (non-hydrogen) atoms. The Morgan fingerprint density at radius 2 is 1.83 bits per heavy atom. The van der Waals surface area contributed by atoms with Crippen molar-refractivity contribution in [2.75, 3.05) is 12.1 Å². The van der Waals surface area contributed by atoms with Crippen LogP contribution in [0, 0.1) is 0 Å². The number of hydrogen-bond donors (Lipinski definition) is 1. The van der Waals surface area contributed by atoms with Crippen molar-refractivity contribution < 1.29 is 4.79 Å². The van der Waals surface area contributed by atoms with Crippen molar-refractivity contribution in [1.29, 1.82) is 0 Å². The zero-order valence-corrected chi connectivity index (χ0v) is 16.0. The van der Waals surface area contributed by atoms with Gasteiger partial charge in [0.2, 0.25) is 0 Å². The van der Waals surface area contributed by atoms with Crippen molar-refractivity contribution in [1.82, 2.24) is 10.4 Å². The molecule has 0 saturated heterocycles. The molecule has 1 aromatic heterocycles. The highest BCUT2D eigenvalue weighted by molar-refractivity contribution is 6.41. The molecule has 0 saturated carbocycles. The van der Waals surface area contributed by atoms with Crippen molar-refractivity contribution in [2.45, 2.75) is 13.0 Å². The average Bonchev–Trinajstić information content (AvgIpc) is 3.36. The maximum atomic E-state index is 12.7. The number of rotatable bonds is 4. The predicted octanol–water partition coefficient (Wildman–Crippen LogP) is 3.23. The van der Waals surface area contributed by atoms with Gasteiger partial charge >= 0.3 is 0 Å². The summed E-state index contributed by atoms with van der Waals surface area (Å²) >= 11 is 0. The van der Waals surface area contributed by atoms with E-state index in [-0.39, 0.29) is 5.91 Å². The van der Waals surface area contributed by atoms with Crippen molar-refractivity contribution in [3.05, 3.63) is 89.2 Å². The van der Waals surface area contributed by atoms with E-state index in [0.717, 1.165) is 33.8 Å². The number of hydrazine groups is 1. The van der Waals surface area contributed by atoms with Gasteiger partial charge < -0.3 is 0 Å². The largest absolute Gasteiger partial charge is 0.288 e. The van der Waals surface area contributed by atoms with Gasteiger partial charge in [0.15, 0.2) is 0 Å². The molecule has 2 aliphatic rings. The maximum absolute atomic E-state index is 12.7. The molecule has 1 N–H and O–H groups in total. The SMILES string of the molecule is CN(NC(=O)C1=Nc2cc3c(cc2C1)CN=C3c1ccncc1)c1ccccc1. The number of fused-ring (bicyclic) bond motifs is 2. The third-order valence-corrected chi connectivity index (χ3v) is 5.21. The highest BCUT2D eigenvalue weighted by atomic mass is 16.2. The molecule has 0 atom stereocenters. The first-order chi connectivity index (χ1) is 14.2. The molecular weight excluding hydrogens is 362 g/mol. The number of carbonyl (C=O) groups is 1. The van der Waals surface area contributed by atoms with E-state index in [1.807, 2.05) is 49.5 Å². The predicted molar refractivity (Wildman–Crippen MR) is 114 cm³/mol. The Bertz CT molecular complexity index is 1150. The molecule has 6 heteroatoms. The molecule has 3 heterocycles. The Morgan fingerprint density at radius 1 is 1.03 bits per heavy atom. The van der Waals surface area contributed by atoms with Crippen LogP contribution >= 0.6 is 0 Å². The summed E-state index contributed by atoms with van der Waals surface area (Å²) in [6.07, 6.45) is 4.07. The smallest absolute Gasteiger partial charge is 0.284 e. The van der Waals surface area contributed by atoms with Gasteiger partial charge in [-0.15, -0.1) is 0 Å². The number of carbonyl (C=O) groups excluding carboxylic acids is 1. The van der Waals surface area contributed by atoms with E-state index in [4.69, 9.17) is 4.99 Å². The van der Waals surface area contributed by atoms with Crippen LogP contribution in [-0.4, -0.2) is 29.4 Å². The van der Waals surface area contributed by atoms with Crippen LogP contribution in [0.4, 0.5) is 11.4 Å². The van der Waals surface area contributed by atoms with Gasteiger partial charge in [0.1, 0.15) is 5.71 Å². The van der Waals surface area contributed by atoms with Crippen molar-refractivity contribution in [3.8, 4) is 0 Å². The van der Waals surface area contributed by atoms with Crippen LogP contribution in [0.15, 0.2) is 77.0 Å². The molecule has 5 rings (SSSR count). The fourth-order valence-corrected chi connectivity index (χ4v) is 3.72. The summed E-state index contributed by atoms with van der Waals surface area (Å²) in [6, 6.07) is 17.8. The van der Waals surface area contributed by atoms with E-state index >= 15 is 0 Å². The van der Waals surface area contributed by atoms with Crippen molar-refractivity contribution in [3.63, 3.8) is 0 Å². The molecule has 2 aromatic carbocycles. The summed E-state index contributed by atoms with van der Waals surface area (Å²) < 4.78 is 0. The van der Waals surface area contributed by atoms with Gasteiger partial charge in [-0.3, -0.25) is 25.2 Å². The van der Waals surface area contributed by atoms with Crippen LogP contribution in [0.3, 0.4) is 0 Å². The van der Waals surface area contributed by atoms with Crippen LogP contribution in [0.2, 0.25) is 0 Å². The molecular formula is C23H19N5O. The minimum Gasteiger partial charge on any atom is -0.288 e. The van der Waals surface area contributed by atoms with E-state index in [2.05, 4.69) is 27.5 Å². The molecule has 0 bridgehead atoms. The van der Waals surface area contributed by atoms with Crippen LogP contribution in [0.25, 0.3) is 0 Å². The van der Waals surface area contributed by atoms with Gasteiger partial charge in [-0.25, -0.2) is 4.99 Å². The second kappa shape index (κ2) is 6.98. The standard InChI is InChI=1S/C23H19N5O/c1-28(18-5-3-2-4-6-18)27-23(29)21-12-16-11-17-14-25-22(15-7-9-24-10-8-15)19(17)13-20(16)26-21/h2-11,13H,12,14H2,1H3,(H,27,29). The third kappa shape index (κ3) is 3.18. The quantitative estimate of drug-likeness (QED) is 0.706. The number of benzene rings is 2. The summed E-state index contributed by atoms with van der Waals surface area (Å²) in [5.74, 6) is -0.185. The number of aliphatic imine (C=N–C) groups is 2. The number of hydrogen-bond acceptors (Lipinski definition) is 5. The fourth-order valence-electron chi connectivity index (χ4n) is 3.72. The normalized spacial score (nSPS) is 14.0. The third-order valence-electron chi connectivity index (χ3n) is 5.21. The van der Waals surface area contributed by atoms with Gasteiger partial charge in [-0.1, -0.05) is 24.3 Å². The van der Waals surface area contributed by atoms with Crippen molar-refractivity contribution in [2.24, 2.45) is 9.98 Å². The maximum Gasteiger partial charge on any atom is 0.284 e. The molecule has 2 aliphatic heterocycles. The lowest BCUT2D eigenvalue weighted by Gasteiger charge is -2.20. The summed E-state index contributed by atoms with van der Waals surface area (Å²) in [5.41, 5.74) is 10.5. The topological polar surface area (TPSA) is 70.0 Å². The number of amides is 1. The lowest BCUT2D eigenvalue weighted by atomic mass is 9.97. The number of anilines is 1. The van der Waals surface area contributed by atoms with E-state index < -0.39 is 0 Å². The zero-order chi connectivity index (χ0) is 19.8. The lowest BCUT2D eigenvalue weighted by molar-refractivity contribution is -0.115. The minimum atomic E-state index is -0.185. The summed E-state index contributed by atoms with van der Waals surface area (Å²) in [4.78, 5) is 26.1. The summed E-state index contributed by atoms with van der Waals surface area (Å²) in [5, 5.41) is 1.71. The van der Waals surface area contributed by atoms with Crippen LogP contribution < -0.4 is 10.4 Å². The zero-order valence-electron chi connectivity index (χ0n) is 16.0. The van der Waals surface area contributed by atoms with E-state index in [9.17, 15) is 4.79 Å². The van der Waals surface area contributed by atoms with Crippen LogP contribution in [-0.2, 0) is 17.8 Å². The molecule has 0 unspecified atom stereocenters. The monoisotopic (exact) mass is 381 g/mol. The van der Waals surface area contributed by atoms with Gasteiger partial charge in [-0.05, 0) is 41.5 Å². The molecule has 6 nitrogen and oxygen atoms in total. The number of nitrogens with zero attached hydrogens (tertiary/aromatic N) is 4. The van der Waals surface area contributed by atoms with Crippen molar-refractivity contribution >= 4 is 28.7 Å². The highest BCUT2D eigenvalue weighted by Gasteiger charge is 2.26. The Kier molecular flexibility index (Phi) is 4.17. The number of pyridine rings is 1. The minimum absolute atomic E-state index is 0.185. The van der Waals surface area contributed by atoms with E-state index in [1.165, 1.54) is 5.56 Å². The molecule has 0 spiro atoms. The molecule has 0 aliphatic carbocycles. The lowest BCUT2D eigenvalue weighted by Crippen LogP contribution is -2.43. The summed E-state index contributed by atoms with van der Waals surface area (Å²) in [7, 11) is 1.82. The second-order valence-corrected chi connectivity index (χ2v) is 7.11. The number of aromatic nitrogens is 1. The highest BCUT2D eigenvalue weighted by Crippen LogP contribution is 2.34. The van der Waals surface area contributed by atoms with Gasteiger partial charge in [0.25, 0.3) is 5.91 Å². The van der Waals surface area contributed by atoms with Crippen LogP contribution in [0.1, 0.15) is 22.3 Å². The molecule has 0 radical (unpaired) electrons. The summed E-state index contributed by atoms with van der Waals surface area (Å²) in [6.45, 7) is 0.651. The Hall–Kier alpha value is -3.80. The van der Waals surface area contributed by atoms with Gasteiger partial charge in [0, 0.05) is 37.0 Å². The first-order valence-electron chi connectivity index (χ1n) is 9.47. The first-order valence-corrected chi connectivity index (χ1v) is 9.47. The molecule has 1 amide bonds. The van der Waals surface area contributed by atoms with Crippen LogP contribution in [0.5, 0.6) is 0 Å². The second-order valence-electron chi connectivity index (χ2n) is 7.11. The Morgan fingerprint density at radius 3 is 2.62 bits per heavy atom. The number of para-hydroxylation sites is 1. The molecule has 142 valence electrons. The first kappa shape index (κ1) is 17.3. The van der Waals surface area contributed by atoms with E-state index in [0.29, 0.717) is 18.7 Å². The molecule has 0 fully saturated rings. The van der Waals surface area contributed by atoms with Gasteiger partial charge in [0.05, 0.1) is 23.6 Å². The number of nitrogens with one attached hydrogen (secondary N) is 1. The van der Waals surface area contributed by atoms with Gasteiger partial charge in [-0.2, -0.15) is 0 Å². The fraction of sp³-hybridized carbons (Fsp3) is 0.130. The molecule has 3 aromatic rings. The Labute approximate surface area is 168 Å². The van der Waals surface area contributed by atoms with E-state index in [1.54, 1.807) is 17.4 Å².